The number of hydrogen-bond acceptors (Lipinski definition) is 3. The Morgan fingerprint density at radius 3 is 2.70 bits per heavy atom. The molecule has 2 rings (SSSR count). The maximum absolute atomic E-state index is 11.3. The van der Waals surface area contributed by atoms with Crippen molar-refractivity contribution in [1.82, 2.24) is 0 Å². The summed E-state index contributed by atoms with van der Waals surface area (Å²) in [4.78, 5) is 0.124. The van der Waals surface area contributed by atoms with Crippen LogP contribution in [0.3, 0.4) is 0 Å². The topological polar surface area (TPSA) is 43.4 Å². The first-order valence-corrected chi connectivity index (χ1v) is 9.43. The third-order valence-corrected chi connectivity index (χ3v) is 5.39. The van der Waals surface area contributed by atoms with Gasteiger partial charge < -0.3 is 4.74 Å². The Morgan fingerprint density at radius 2 is 2.10 bits per heavy atom. The first-order valence-electron chi connectivity index (χ1n) is 7.12. The number of rotatable bonds is 4. The molecule has 1 aliphatic carbocycles. The minimum absolute atomic E-state index is 0.124. The van der Waals surface area contributed by atoms with Gasteiger partial charge in [0, 0.05) is 10.7 Å². The zero-order valence-corrected chi connectivity index (χ0v) is 13.5. The molecule has 1 aromatic carbocycles. The summed E-state index contributed by atoms with van der Waals surface area (Å²) >= 11 is 0. The van der Waals surface area contributed by atoms with Gasteiger partial charge in [-0.25, -0.2) is 8.42 Å². The Morgan fingerprint density at radius 1 is 1.35 bits per heavy atom. The van der Waals surface area contributed by atoms with E-state index in [2.05, 4.69) is 6.92 Å². The summed E-state index contributed by atoms with van der Waals surface area (Å²) in [5, 5.41) is 0. The van der Waals surface area contributed by atoms with Gasteiger partial charge in [-0.3, -0.25) is 0 Å². The molecule has 2 unspecified atom stereocenters. The molecule has 20 heavy (non-hydrogen) atoms. The van der Waals surface area contributed by atoms with Gasteiger partial charge in [0.2, 0.25) is 0 Å². The lowest BCUT2D eigenvalue weighted by Gasteiger charge is -2.29. The Bertz CT molecular complexity index is 568. The van der Waals surface area contributed by atoms with Crippen molar-refractivity contribution in [3.8, 4) is 5.75 Å². The molecule has 2 atom stereocenters. The van der Waals surface area contributed by atoms with Crippen LogP contribution in [0.15, 0.2) is 23.1 Å². The van der Waals surface area contributed by atoms with E-state index in [9.17, 15) is 8.42 Å². The Balaban J connectivity index is 2.10. The summed E-state index contributed by atoms with van der Waals surface area (Å²) in [6, 6.07) is 4.78. The summed E-state index contributed by atoms with van der Waals surface area (Å²) in [7, 11) is 1.67. The van der Waals surface area contributed by atoms with Crippen molar-refractivity contribution in [2.24, 2.45) is 5.92 Å². The SMILES string of the molecule is CCC1CCCC(Oc2ccc(S(=O)(=O)Cl)cc2C)C1. The van der Waals surface area contributed by atoms with Crippen LogP contribution in [-0.2, 0) is 9.05 Å². The highest BCUT2D eigenvalue weighted by atomic mass is 35.7. The lowest BCUT2D eigenvalue weighted by molar-refractivity contribution is 0.121. The van der Waals surface area contributed by atoms with Crippen molar-refractivity contribution in [2.45, 2.75) is 57.0 Å². The fraction of sp³-hybridized carbons (Fsp3) is 0.600. The second-order valence-electron chi connectivity index (χ2n) is 5.55. The molecule has 0 saturated heterocycles. The fourth-order valence-corrected chi connectivity index (χ4v) is 3.64. The molecule has 1 aromatic rings. The number of ether oxygens (including phenoxy) is 1. The number of halogens is 1. The van der Waals surface area contributed by atoms with Crippen LogP contribution in [0.1, 0.15) is 44.6 Å². The van der Waals surface area contributed by atoms with E-state index in [1.54, 1.807) is 12.1 Å². The largest absolute Gasteiger partial charge is 0.490 e. The van der Waals surface area contributed by atoms with Gasteiger partial charge in [0.1, 0.15) is 5.75 Å². The molecular weight excluding hydrogens is 296 g/mol. The molecule has 0 amide bonds. The Labute approximate surface area is 125 Å². The maximum atomic E-state index is 11.3. The third kappa shape index (κ3) is 3.89. The molecule has 0 aliphatic heterocycles. The van der Waals surface area contributed by atoms with E-state index in [-0.39, 0.29) is 11.0 Å². The summed E-state index contributed by atoms with van der Waals surface area (Å²) in [6.07, 6.45) is 6.10. The zero-order valence-electron chi connectivity index (χ0n) is 11.9. The lowest BCUT2D eigenvalue weighted by Crippen LogP contribution is -2.25. The minimum Gasteiger partial charge on any atom is -0.490 e. The standard InChI is InChI=1S/C15H21ClO3S/c1-3-12-5-4-6-13(10-12)19-15-8-7-14(9-11(15)2)20(16,17)18/h7-9,12-13H,3-6,10H2,1-2H3. The van der Waals surface area contributed by atoms with E-state index >= 15 is 0 Å². The third-order valence-electron chi connectivity index (χ3n) is 4.03. The number of aryl methyl sites for hydroxylation is 1. The van der Waals surface area contributed by atoms with E-state index in [4.69, 9.17) is 15.4 Å². The number of hydrogen-bond donors (Lipinski definition) is 0. The fourth-order valence-electron chi connectivity index (χ4n) is 2.80. The van der Waals surface area contributed by atoms with Gasteiger partial charge in [0.05, 0.1) is 11.0 Å². The Kier molecular flexibility index (Phi) is 4.97. The van der Waals surface area contributed by atoms with Crippen molar-refractivity contribution in [3.63, 3.8) is 0 Å². The van der Waals surface area contributed by atoms with E-state index in [1.807, 2.05) is 6.92 Å². The van der Waals surface area contributed by atoms with Crippen molar-refractivity contribution >= 4 is 19.7 Å². The van der Waals surface area contributed by atoms with Gasteiger partial charge in [-0.15, -0.1) is 0 Å². The summed E-state index contributed by atoms with van der Waals surface area (Å²) in [5.41, 5.74) is 0.811. The smallest absolute Gasteiger partial charge is 0.261 e. The quantitative estimate of drug-likeness (QED) is 0.779. The first kappa shape index (κ1) is 15.6. The summed E-state index contributed by atoms with van der Waals surface area (Å²) < 4.78 is 28.6. The molecule has 1 saturated carbocycles. The second-order valence-corrected chi connectivity index (χ2v) is 8.11. The first-order chi connectivity index (χ1) is 9.40. The summed E-state index contributed by atoms with van der Waals surface area (Å²) in [6.45, 7) is 4.07. The van der Waals surface area contributed by atoms with Crippen LogP contribution in [0.5, 0.6) is 5.75 Å². The molecule has 5 heteroatoms. The molecule has 112 valence electrons. The second kappa shape index (κ2) is 6.35. The van der Waals surface area contributed by atoms with Crippen molar-refractivity contribution < 1.29 is 13.2 Å². The lowest BCUT2D eigenvalue weighted by atomic mass is 9.85. The molecule has 1 aliphatic rings. The van der Waals surface area contributed by atoms with Crippen molar-refractivity contribution in [2.75, 3.05) is 0 Å². The Hall–Kier alpha value is -0.740. The molecular formula is C15H21ClO3S. The van der Waals surface area contributed by atoms with Crippen LogP contribution in [-0.4, -0.2) is 14.5 Å². The van der Waals surface area contributed by atoms with E-state index < -0.39 is 9.05 Å². The van der Waals surface area contributed by atoms with Crippen LogP contribution in [0.4, 0.5) is 0 Å². The van der Waals surface area contributed by atoms with Gasteiger partial charge in [-0.2, -0.15) is 0 Å². The van der Waals surface area contributed by atoms with E-state index in [0.717, 1.165) is 30.1 Å². The van der Waals surface area contributed by atoms with Crippen molar-refractivity contribution in [1.29, 1.82) is 0 Å². The zero-order chi connectivity index (χ0) is 14.8. The van der Waals surface area contributed by atoms with Gasteiger partial charge >= 0.3 is 0 Å². The number of benzene rings is 1. The van der Waals surface area contributed by atoms with E-state index in [0.29, 0.717) is 0 Å². The van der Waals surface area contributed by atoms with Gasteiger partial charge in [-0.1, -0.05) is 19.8 Å². The normalized spacial score (nSPS) is 23.6. The average molecular weight is 317 g/mol. The molecule has 0 bridgehead atoms. The van der Waals surface area contributed by atoms with Gasteiger partial charge in [-0.05, 0) is 55.9 Å². The predicted molar refractivity (Wildman–Crippen MR) is 80.9 cm³/mol. The molecule has 3 nitrogen and oxygen atoms in total. The van der Waals surface area contributed by atoms with Crippen LogP contribution in [0.25, 0.3) is 0 Å². The highest BCUT2D eigenvalue weighted by Crippen LogP contribution is 2.31. The van der Waals surface area contributed by atoms with Crippen LogP contribution in [0, 0.1) is 12.8 Å². The molecule has 0 aromatic heterocycles. The molecule has 0 spiro atoms. The molecule has 1 fully saturated rings. The maximum Gasteiger partial charge on any atom is 0.261 e. The summed E-state index contributed by atoms with van der Waals surface area (Å²) in [5.74, 6) is 1.51. The predicted octanol–water partition coefficient (Wildman–Crippen LogP) is 4.27. The highest BCUT2D eigenvalue weighted by molar-refractivity contribution is 8.13. The highest BCUT2D eigenvalue weighted by Gasteiger charge is 2.22. The van der Waals surface area contributed by atoms with Crippen LogP contribution >= 0.6 is 10.7 Å². The van der Waals surface area contributed by atoms with Gasteiger partial charge in [0.25, 0.3) is 9.05 Å². The molecule has 0 heterocycles. The monoisotopic (exact) mass is 316 g/mol. The molecule has 0 radical (unpaired) electrons. The molecule has 0 N–H and O–H groups in total. The van der Waals surface area contributed by atoms with Crippen LogP contribution in [0.2, 0.25) is 0 Å². The van der Waals surface area contributed by atoms with Crippen LogP contribution < -0.4 is 4.74 Å². The van der Waals surface area contributed by atoms with Gasteiger partial charge in [0.15, 0.2) is 0 Å². The van der Waals surface area contributed by atoms with E-state index in [1.165, 1.54) is 25.3 Å². The van der Waals surface area contributed by atoms with Crippen molar-refractivity contribution in [3.05, 3.63) is 23.8 Å². The average Bonchev–Trinajstić information content (AvgIpc) is 2.40. The minimum atomic E-state index is -3.67.